The first kappa shape index (κ1) is 15.7. The van der Waals surface area contributed by atoms with Crippen molar-refractivity contribution in [2.24, 2.45) is 5.84 Å². The van der Waals surface area contributed by atoms with Crippen LogP contribution in [0.1, 0.15) is 10.4 Å². The summed E-state index contributed by atoms with van der Waals surface area (Å²) in [5, 5.41) is 5.23. The van der Waals surface area contributed by atoms with Crippen LogP contribution in [0, 0.1) is 5.82 Å². The molecule has 0 aromatic heterocycles. The molecule has 2 rings (SSSR count). The topological polar surface area (TPSA) is 96.2 Å². The normalized spacial score (nSPS) is 9.95. The Kier molecular flexibility index (Phi) is 4.92. The van der Waals surface area contributed by atoms with Gasteiger partial charge in [-0.1, -0.05) is 17.7 Å². The summed E-state index contributed by atoms with van der Waals surface area (Å²) in [7, 11) is 0. The van der Waals surface area contributed by atoms with Gasteiger partial charge >= 0.3 is 6.03 Å². The molecule has 0 heterocycles. The van der Waals surface area contributed by atoms with E-state index in [4.69, 9.17) is 17.4 Å². The molecular formula is C14H12ClFN4O2. The van der Waals surface area contributed by atoms with Crippen molar-refractivity contribution < 1.29 is 14.0 Å². The highest BCUT2D eigenvalue weighted by atomic mass is 35.5. The van der Waals surface area contributed by atoms with Crippen molar-refractivity contribution in [1.29, 1.82) is 0 Å². The molecule has 2 aromatic rings. The molecule has 5 N–H and O–H groups in total. The molecular weight excluding hydrogens is 311 g/mol. The zero-order valence-electron chi connectivity index (χ0n) is 11.2. The summed E-state index contributed by atoms with van der Waals surface area (Å²) in [6, 6.07) is 9.04. The van der Waals surface area contributed by atoms with Crippen LogP contribution in [0.15, 0.2) is 42.5 Å². The van der Waals surface area contributed by atoms with Crippen molar-refractivity contribution in [2.45, 2.75) is 0 Å². The minimum Gasteiger partial charge on any atom is -0.308 e. The van der Waals surface area contributed by atoms with Gasteiger partial charge in [-0.15, -0.1) is 0 Å². The number of carbonyl (C=O) groups is 2. The number of hydrazine groups is 1. The maximum atomic E-state index is 13.1. The monoisotopic (exact) mass is 322 g/mol. The third-order valence-electron chi connectivity index (χ3n) is 2.69. The number of nitrogens with two attached hydrogens (primary N) is 1. The Morgan fingerprint density at radius 3 is 2.55 bits per heavy atom. The Labute approximate surface area is 130 Å². The van der Waals surface area contributed by atoms with Gasteiger partial charge in [0.25, 0.3) is 5.91 Å². The first-order valence-electron chi connectivity index (χ1n) is 6.13. The molecule has 0 saturated heterocycles. The molecule has 22 heavy (non-hydrogen) atoms. The number of nitrogens with one attached hydrogen (secondary N) is 3. The van der Waals surface area contributed by atoms with Crippen molar-refractivity contribution >= 4 is 34.9 Å². The average molecular weight is 323 g/mol. The number of anilines is 2. The molecule has 0 bridgehead atoms. The van der Waals surface area contributed by atoms with Gasteiger partial charge in [-0.3, -0.25) is 10.2 Å². The number of halogens is 2. The fraction of sp³-hybridized carbons (Fsp3) is 0. The highest BCUT2D eigenvalue weighted by molar-refractivity contribution is 6.31. The maximum absolute atomic E-state index is 13.1. The summed E-state index contributed by atoms with van der Waals surface area (Å²) in [5.41, 5.74) is 2.55. The molecule has 8 heteroatoms. The number of urea groups is 1. The summed E-state index contributed by atoms with van der Waals surface area (Å²) < 4.78 is 13.1. The summed E-state index contributed by atoms with van der Waals surface area (Å²) in [5.74, 6) is 4.01. The second-order valence-electron chi connectivity index (χ2n) is 4.25. The van der Waals surface area contributed by atoms with Crippen LogP contribution < -0.4 is 21.9 Å². The number of hydrogen-bond acceptors (Lipinski definition) is 3. The second-order valence-corrected chi connectivity index (χ2v) is 4.69. The van der Waals surface area contributed by atoms with Crippen molar-refractivity contribution in [3.63, 3.8) is 0 Å². The average Bonchev–Trinajstić information content (AvgIpc) is 2.46. The van der Waals surface area contributed by atoms with E-state index in [0.29, 0.717) is 5.02 Å². The van der Waals surface area contributed by atoms with E-state index in [1.807, 2.05) is 5.43 Å². The lowest BCUT2D eigenvalue weighted by Gasteiger charge is -2.11. The van der Waals surface area contributed by atoms with Crippen molar-refractivity contribution in [2.75, 3.05) is 10.6 Å². The van der Waals surface area contributed by atoms with E-state index in [-0.39, 0.29) is 16.9 Å². The summed E-state index contributed by atoms with van der Waals surface area (Å²) >= 11 is 5.84. The zero-order chi connectivity index (χ0) is 16.1. The molecule has 0 unspecified atom stereocenters. The van der Waals surface area contributed by atoms with Gasteiger partial charge in [-0.25, -0.2) is 15.0 Å². The number of rotatable bonds is 3. The molecule has 6 nitrogen and oxygen atoms in total. The first-order chi connectivity index (χ1) is 10.5. The summed E-state index contributed by atoms with van der Waals surface area (Å²) in [6.07, 6.45) is 0. The molecule has 2 aromatic carbocycles. The lowest BCUT2D eigenvalue weighted by Crippen LogP contribution is -2.31. The Bertz CT molecular complexity index is 724. The predicted octanol–water partition coefficient (Wildman–Crippen LogP) is 2.73. The van der Waals surface area contributed by atoms with Crippen LogP contribution in [-0.2, 0) is 0 Å². The van der Waals surface area contributed by atoms with E-state index >= 15 is 0 Å². The van der Waals surface area contributed by atoms with Gasteiger partial charge in [0.2, 0.25) is 0 Å². The van der Waals surface area contributed by atoms with Crippen LogP contribution in [-0.4, -0.2) is 11.9 Å². The van der Waals surface area contributed by atoms with E-state index in [0.717, 1.165) is 6.07 Å². The van der Waals surface area contributed by atoms with E-state index in [1.165, 1.54) is 36.4 Å². The fourth-order valence-electron chi connectivity index (χ4n) is 1.75. The van der Waals surface area contributed by atoms with E-state index in [2.05, 4.69) is 10.6 Å². The Hall–Kier alpha value is -2.64. The molecule has 3 amide bonds. The minimum absolute atomic E-state index is 0.140. The Morgan fingerprint density at radius 1 is 1.09 bits per heavy atom. The van der Waals surface area contributed by atoms with Crippen molar-refractivity contribution in [3.8, 4) is 0 Å². The first-order valence-corrected chi connectivity index (χ1v) is 6.51. The highest BCUT2D eigenvalue weighted by Gasteiger charge is 2.13. The smallest absolute Gasteiger partial charge is 0.308 e. The molecule has 0 aliphatic heterocycles. The van der Waals surface area contributed by atoms with Crippen LogP contribution >= 0.6 is 11.6 Å². The third-order valence-corrected chi connectivity index (χ3v) is 2.92. The van der Waals surface area contributed by atoms with Crippen LogP contribution in [0.4, 0.5) is 20.6 Å². The number of amides is 3. The van der Waals surface area contributed by atoms with Gasteiger partial charge < -0.3 is 10.6 Å². The molecule has 0 fully saturated rings. The fourth-order valence-corrected chi connectivity index (χ4v) is 1.92. The minimum atomic E-state index is -0.654. The van der Waals surface area contributed by atoms with Crippen molar-refractivity contribution in [3.05, 3.63) is 58.9 Å². The van der Waals surface area contributed by atoms with Crippen LogP contribution in [0.25, 0.3) is 0 Å². The molecule has 0 aliphatic rings. The molecule has 0 atom stereocenters. The van der Waals surface area contributed by atoms with Gasteiger partial charge in [-0.05, 0) is 36.4 Å². The summed E-state index contributed by atoms with van der Waals surface area (Å²) in [4.78, 5) is 23.5. The van der Waals surface area contributed by atoms with Gasteiger partial charge in [0.15, 0.2) is 0 Å². The molecule has 0 spiro atoms. The lowest BCUT2D eigenvalue weighted by molar-refractivity contribution is 0.0954. The van der Waals surface area contributed by atoms with E-state index in [9.17, 15) is 14.0 Å². The molecule has 0 radical (unpaired) electrons. The van der Waals surface area contributed by atoms with Crippen LogP contribution in [0.3, 0.4) is 0 Å². The van der Waals surface area contributed by atoms with Gasteiger partial charge in [-0.2, -0.15) is 0 Å². The third kappa shape index (κ3) is 3.94. The summed E-state index contributed by atoms with van der Waals surface area (Å²) in [6.45, 7) is 0. The predicted molar refractivity (Wildman–Crippen MR) is 82.1 cm³/mol. The van der Waals surface area contributed by atoms with Gasteiger partial charge in [0, 0.05) is 10.7 Å². The maximum Gasteiger partial charge on any atom is 0.323 e. The largest absolute Gasteiger partial charge is 0.323 e. The number of hydrogen-bond donors (Lipinski definition) is 4. The number of nitrogen functional groups attached to an aromatic ring is 1. The van der Waals surface area contributed by atoms with Crippen LogP contribution in [0.2, 0.25) is 5.02 Å². The Balaban J connectivity index is 2.17. The van der Waals surface area contributed by atoms with Gasteiger partial charge in [0.05, 0.1) is 11.3 Å². The molecule has 0 saturated carbocycles. The highest BCUT2D eigenvalue weighted by Crippen LogP contribution is 2.21. The van der Waals surface area contributed by atoms with Crippen molar-refractivity contribution in [1.82, 2.24) is 5.43 Å². The van der Waals surface area contributed by atoms with Gasteiger partial charge in [0.1, 0.15) is 5.82 Å². The Morgan fingerprint density at radius 2 is 1.86 bits per heavy atom. The number of carbonyl (C=O) groups excluding carboxylic acids is 2. The molecule has 114 valence electrons. The quantitative estimate of drug-likeness (QED) is 0.397. The SMILES string of the molecule is NNC(=O)c1ccc(Cl)cc1NC(=O)Nc1cccc(F)c1. The zero-order valence-corrected chi connectivity index (χ0v) is 11.9. The number of benzene rings is 2. The second kappa shape index (κ2) is 6.88. The van der Waals surface area contributed by atoms with E-state index in [1.54, 1.807) is 0 Å². The van der Waals surface area contributed by atoms with Crippen LogP contribution in [0.5, 0.6) is 0 Å². The standard InChI is InChI=1S/C14H12ClFN4O2/c15-8-4-5-11(13(21)20-17)12(6-8)19-14(22)18-10-3-1-2-9(16)7-10/h1-7H,17H2,(H,20,21)(H2,18,19,22). The molecule has 0 aliphatic carbocycles. The lowest BCUT2D eigenvalue weighted by atomic mass is 10.1. The van der Waals surface area contributed by atoms with E-state index < -0.39 is 17.8 Å².